The Hall–Kier alpha value is -3.53. The number of rotatable bonds is 5. The van der Waals surface area contributed by atoms with Gasteiger partial charge in [0.25, 0.3) is 0 Å². The number of para-hydroxylation sites is 1. The molecule has 9 nitrogen and oxygen atoms in total. The largest absolute Gasteiger partial charge is 0.493 e. The molecule has 0 N–H and O–H groups in total. The van der Waals surface area contributed by atoms with E-state index in [2.05, 4.69) is 15.2 Å². The molecule has 0 aliphatic carbocycles. The maximum atomic E-state index is 12.9. The molecule has 0 fully saturated rings. The highest BCUT2D eigenvalue weighted by molar-refractivity contribution is 7.98. The van der Waals surface area contributed by atoms with E-state index in [0.29, 0.717) is 44.9 Å². The number of methoxy groups -OCH3 is 3. The van der Waals surface area contributed by atoms with Crippen LogP contribution in [0.4, 0.5) is 5.69 Å². The summed E-state index contributed by atoms with van der Waals surface area (Å²) in [4.78, 5) is 19.0. The summed E-state index contributed by atoms with van der Waals surface area (Å²) in [5.41, 5.74) is 2.40. The summed E-state index contributed by atoms with van der Waals surface area (Å²) in [7, 11) is 4.59. The lowest BCUT2D eigenvalue weighted by Crippen LogP contribution is -2.36. The third kappa shape index (κ3) is 3.66. The summed E-state index contributed by atoms with van der Waals surface area (Å²) in [5.74, 6) is 1.38. The molecular weight excluding hydrogens is 432 g/mol. The number of aromatic nitrogens is 3. The molecule has 1 aliphatic heterocycles. The van der Waals surface area contributed by atoms with E-state index < -0.39 is 6.23 Å². The van der Waals surface area contributed by atoms with Crippen molar-refractivity contribution >= 4 is 23.4 Å². The van der Waals surface area contributed by atoms with Gasteiger partial charge in [0.1, 0.15) is 0 Å². The third-order valence-electron chi connectivity index (χ3n) is 5.01. The summed E-state index contributed by atoms with van der Waals surface area (Å²) in [6, 6.07) is 10.9. The molecule has 0 radical (unpaired) electrons. The van der Waals surface area contributed by atoms with Gasteiger partial charge in [-0.15, -0.1) is 10.2 Å². The third-order valence-corrected chi connectivity index (χ3v) is 5.54. The van der Waals surface area contributed by atoms with E-state index in [1.807, 2.05) is 30.5 Å². The average Bonchev–Trinajstić information content (AvgIpc) is 2.97. The predicted octanol–water partition coefficient (Wildman–Crippen LogP) is 3.73. The Balaban J connectivity index is 1.98. The molecule has 1 amide bonds. The van der Waals surface area contributed by atoms with Crippen molar-refractivity contribution in [3.63, 3.8) is 0 Å². The second-order valence-electron chi connectivity index (χ2n) is 6.79. The van der Waals surface area contributed by atoms with Crippen LogP contribution in [0, 0.1) is 0 Å². The molecule has 32 heavy (non-hydrogen) atoms. The van der Waals surface area contributed by atoms with Gasteiger partial charge < -0.3 is 18.9 Å². The van der Waals surface area contributed by atoms with Crippen LogP contribution in [0.15, 0.2) is 41.6 Å². The van der Waals surface area contributed by atoms with Crippen molar-refractivity contribution in [2.24, 2.45) is 0 Å². The molecule has 2 heterocycles. The van der Waals surface area contributed by atoms with E-state index in [0.717, 1.165) is 0 Å². The molecule has 4 rings (SSSR count). The molecule has 0 spiro atoms. The lowest BCUT2D eigenvalue weighted by molar-refractivity contribution is -0.118. The molecule has 0 saturated heterocycles. The second-order valence-corrected chi connectivity index (χ2v) is 7.56. The smallest absolute Gasteiger partial charge is 0.247 e. The van der Waals surface area contributed by atoms with Crippen molar-refractivity contribution in [3.8, 4) is 34.4 Å². The average molecular weight is 455 g/mol. The Labute approximate surface area is 189 Å². The number of anilines is 1. The molecule has 166 valence electrons. The number of nitrogens with zero attached hydrogens (tertiary/aromatic N) is 4. The standard InChI is InChI=1S/C22H22N4O5S/c1-12(27)26-15-9-7-6-8-14(15)18-20(23-22(32-5)25-24-18)31-21(26)13-10-16(28-2)19(30-4)17(11-13)29-3/h6-11,21H,1-5H3/t21-/m0/s1. The fourth-order valence-corrected chi connectivity index (χ4v) is 3.90. The van der Waals surface area contributed by atoms with E-state index in [1.54, 1.807) is 17.0 Å². The van der Waals surface area contributed by atoms with Gasteiger partial charge in [-0.25, -0.2) is 0 Å². The number of ether oxygens (including phenoxy) is 4. The van der Waals surface area contributed by atoms with Gasteiger partial charge in [0.15, 0.2) is 17.2 Å². The van der Waals surface area contributed by atoms with E-state index >= 15 is 0 Å². The van der Waals surface area contributed by atoms with Crippen molar-refractivity contribution in [2.75, 3.05) is 32.5 Å². The Kier molecular flexibility index (Phi) is 6.04. The number of benzene rings is 2. The zero-order valence-corrected chi connectivity index (χ0v) is 19.1. The minimum absolute atomic E-state index is 0.220. The Morgan fingerprint density at radius 1 is 1.06 bits per heavy atom. The normalized spacial score (nSPS) is 14.5. The number of hydrogen-bond acceptors (Lipinski definition) is 9. The summed E-state index contributed by atoms with van der Waals surface area (Å²) in [6.07, 6.45) is 0.988. The van der Waals surface area contributed by atoms with Crippen molar-refractivity contribution in [1.29, 1.82) is 0 Å². The lowest BCUT2D eigenvalue weighted by Gasteiger charge is -2.30. The van der Waals surface area contributed by atoms with Crippen LogP contribution in [-0.2, 0) is 4.79 Å². The maximum Gasteiger partial charge on any atom is 0.247 e. The van der Waals surface area contributed by atoms with Crippen molar-refractivity contribution in [3.05, 3.63) is 42.0 Å². The molecule has 2 aromatic carbocycles. The van der Waals surface area contributed by atoms with Gasteiger partial charge in [-0.05, 0) is 24.5 Å². The zero-order chi connectivity index (χ0) is 22.8. The number of carbonyl (C=O) groups excluding carboxylic acids is 1. The van der Waals surface area contributed by atoms with E-state index in [9.17, 15) is 4.79 Å². The van der Waals surface area contributed by atoms with Crippen LogP contribution < -0.4 is 23.8 Å². The van der Waals surface area contributed by atoms with Gasteiger partial charge in [-0.1, -0.05) is 30.0 Å². The van der Waals surface area contributed by atoms with Crippen LogP contribution in [-0.4, -0.2) is 48.7 Å². The molecule has 10 heteroatoms. The number of hydrogen-bond donors (Lipinski definition) is 0. The van der Waals surface area contributed by atoms with Crippen molar-refractivity contribution in [1.82, 2.24) is 15.2 Å². The topological polar surface area (TPSA) is 95.9 Å². The molecule has 1 aliphatic rings. The highest BCUT2D eigenvalue weighted by atomic mass is 32.2. The van der Waals surface area contributed by atoms with Crippen molar-refractivity contribution < 1.29 is 23.7 Å². The predicted molar refractivity (Wildman–Crippen MR) is 120 cm³/mol. The molecular formula is C22H22N4O5S. The van der Waals surface area contributed by atoms with Crippen LogP contribution in [0.3, 0.4) is 0 Å². The highest BCUT2D eigenvalue weighted by Crippen LogP contribution is 2.46. The van der Waals surface area contributed by atoms with Gasteiger partial charge in [-0.2, -0.15) is 4.98 Å². The number of amides is 1. The van der Waals surface area contributed by atoms with Gasteiger partial charge in [0.05, 0.1) is 27.0 Å². The Bertz CT molecular complexity index is 1150. The van der Waals surface area contributed by atoms with Gasteiger partial charge in [0, 0.05) is 18.1 Å². The Morgan fingerprint density at radius 3 is 2.34 bits per heavy atom. The van der Waals surface area contributed by atoms with Crippen molar-refractivity contribution in [2.45, 2.75) is 18.3 Å². The van der Waals surface area contributed by atoms with Crippen LogP contribution in [0.5, 0.6) is 23.1 Å². The minimum Gasteiger partial charge on any atom is -0.493 e. The lowest BCUT2D eigenvalue weighted by atomic mass is 10.1. The first-order valence-corrected chi connectivity index (χ1v) is 10.9. The van der Waals surface area contributed by atoms with Crippen LogP contribution >= 0.6 is 11.8 Å². The van der Waals surface area contributed by atoms with Gasteiger partial charge >= 0.3 is 0 Å². The molecule has 3 aromatic rings. The van der Waals surface area contributed by atoms with Gasteiger partial charge in [-0.3, -0.25) is 9.69 Å². The van der Waals surface area contributed by atoms with Crippen LogP contribution in [0.1, 0.15) is 18.7 Å². The van der Waals surface area contributed by atoms with E-state index in [1.165, 1.54) is 40.0 Å². The highest BCUT2D eigenvalue weighted by Gasteiger charge is 2.35. The molecule has 0 saturated carbocycles. The first-order valence-electron chi connectivity index (χ1n) is 9.66. The second kappa shape index (κ2) is 8.91. The summed E-state index contributed by atoms with van der Waals surface area (Å²) >= 11 is 1.35. The van der Waals surface area contributed by atoms with E-state index in [4.69, 9.17) is 18.9 Å². The summed E-state index contributed by atoms with van der Waals surface area (Å²) in [5, 5.41) is 8.96. The fraction of sp³-hybridized carbons (Fsp3) is 0.273. The summed E-state index contributed by atoms with van der Waals surface area (Å²) in [6.45, 7) is 1.48. The molecule has 1 aromatic heterocycles. The number of carbonyl (C=O) groups is 1. The maximum absolute atomic E-state index is 12.9. The molecule has 1 atom stereocenters. The first kappa shape index (κ1) is 21.7. The minimum atomic E-state index is -0.866. The fourth-order valence-electron chi connectivity index (χ4n) is 3.60. The molecule has 0 unspecified atom stereocenters. The van der Waals surface area contributed by atoms with Crippen LogP contribution in [0.25, 0.3) is 11.3 Å². The first-order chi connectivity index (χ1) is 15.5. The van der Waals surface area contributed by atoms with Crippen LogP contribution in [0.2, 0.25) is 0 Å². The quantitative estimate of drug-likeness (QED) is 0.534. The zero-order valence-electron chi connectivity index (χ0n) is 18.3. The monoisotopic (exact) mass is 454 g/mol. The summed E-state index contributed by atoms with van der Waals surface area (Å²) < 4.78 is 22.8. The number of thioether (sulfide) groups is 1. The van der Waals surface area contributed by atoms with E-state index in [-0.39, 0.29) is 11.8 Å². The molecule has 0 bridgehead atoms. The SMILES string of the molecule is COc1cc([C@@H]2Oc3nc(SC)nnc3-c3ccccc3N2C(C)=O)cc(OC)c1OC. The number of fused-ring (bicyclic) bond motifs is 3. The van der Waals surface area contributed by atoms with Gasteiger partial charge in [0.2, 0.25) is 28.9 Å². The Morgan fingerprint density at radius 2 is 1.75 bits per heavy atom.